The van der Waals surface area contributed by atoms with E-state index in [0.29, 0.717) is 36.5 Å². The van der Waals surface area contributed by atoms with Crippen LogP contribution in [-0.4, -0.2) is 57.0 Å². The van der Waals surface area contributed by atoms with Gasteiger partial charge in [-0.25, -0.2) is 5.06 Å². The van der Waals surface area contributed by atoms with Gasteiger partial charge in [-0.3, -0.25) is 9.63 Å². The number of nitrogens with zero attached hydrogens (tertiary/aromatic N) is 1. The van der Waals surface area contributed by atoms with Gasteiger partial charge in [0.15, 0.2) is 0 Å². The van der Waals surface area contributed by atoms with Crippen LogP contribution in [0.5, 0.6) is 0 Å². The standard InChI is InChI=1S/C24H39NO4S2/c1-14(4-7-22(28)25(2)29-3)17-5-6-18-16-13-21(27)20-12-15(26)8-10-24(20,31)19(16)9-11-23(17,18)30/h9,14-18,20-21,26-27,30-31H,4-8,10-13H2,1-3H3/t14?,15-,16?,17?,18?,20?,21+,23?,24?/m1/s1. The molecule has 0 saturated heterocycles. The number of carbonyl (C=O) groups is 1. The van der Waals surface area contributed by atoms with E-state index in [4.69, 9.17) is 30.1 Å². The van der Waals surface area contributed by atoms with Crippen LogP contribution in [0.3, 0.4) is 0 Å². The molecule has 0 aliphatic heterocycles. The monoisotopic (exact) mass is 469 g/mol. The summed E-state index contributed by atoms with van der Waals surface area (Å²) in [6.45, 7) is 2.26. The van der Waals surface area contributed by atoms with Crippen molar-refractivity contribution in [3.8, 4) is 0 Å². The van der Waals surface area contributed by atoms with E-state index < -0.39 is 6.10 Å². The third kappa shape index (κ3) is 4.01. The molecule has 0 heterocycles. The topological polar surface area (TPSA) is 70.0 Å². The molecule has 0 aromatic heterocycles. The number of thiol groups is 2. The highest BCUT2D eigenvalue weighted by molar-refractivity contribution is 7.82. The van der Waals surface area contributed by atoms with Crippen molar-refractivity contribution in [2.75, 3.05) is 14.2 Å². The molecular formula is C24H39NO4S2. The Morgan fingerprint density at radius 2 is 2.00 bits per heavy atom. The van der Waals surface area contributed by atoms with Gasteiger partial charge in [0.05, 0.1) is 19.3 Å². The second-order valence-electron chi connectivity index (χ2n) is 10.6. The Balaban J connectivity index is 1.52. The van der Waals surface area contributed by atoms with E-state index in [1.54, 1.807) is 7.05 Å². The van der Waals surface area contributed by atoms with E-state index in [1.165, 1.54) is 17.7 Å². The van der Waals surface area contributed by atoms with Gasteiger partial charge in [-0.05, 0) is 75.0 Å². The van der Waals surface area contributed by atoms with Crippen LogP contribution in [0, 0.1) is 29.6 Å². The lowest BCUT2D eigenvalue weighted by Crippen LogP contribution is -2.57. The summed E-state index contributed by atoms with van der Waals surface area (Å²) in [7, 11) is 3.17. The second-order valence-corrected chi connectivity index (χ2v) is 12.2. The van der Waals surface area contributed by atoms with E-state index in [9.17, 15) is 15.0 Å². The number of hydroxylamine groups is 2. The first-order chi connectivity index (χ1) is 14.6. The minimum atomic E-state index is -0.413. The molecule has 5 nitrogen and oxygen atoms in total. The summed E-state index contributed by atoms with van der Waals surface area (Å²) in [5.41, 5.74) is 1.41. The summed E-state index contributed by atoms with van der Waals surface area (Å²) < 4.78 is -0.383. The maximum Gasteiger partial charge on any atom is 0.245 e. The van der Waals surface area contributed by atoms with Crippen LogP contribution in [0.4, 0.5) is 0 Å². The Morgan fingerprint density at radius 1 is 1.26 bits per heavy atom. The van der Waals surface area contributed by atoms with E-state index in [2.05, 4.69) is 13.0 Å². The first-order valence-corrected chi connectivity index (χ1v) is 12.8. The molecule has 4 aliphatic carbocycles. The van der Waals surface area contributed by atoms with E-state index in [1.807, 2.05) is 0 Å². The number of amides is 1. The molecule has 0 bridgehead atoms. The largest absolute Gasteiger partial charge is 0.393 e. The van der Waals surface area contributed by atoms with E-state index in [0.717, 1.165) is 44.9 Å². The summed E-state index contributed by atoms with van der Waals surface area (Å²) in [5.74, 6) is 1.67. The number of carbonyl (C=O) groups excluding carboxylic acids is 1. The average molecular weight is 470 g/mol. The normalized spacial score (nSPS) is 45.2. The zero-order valence-electron chi connectivity index (χ0n) is 19.0. The van der Waals surface area contributed by atoms with Gasteiger partial charge in [0.1, 0.15) is 0 Å². The van der Waals surface area contributed by atoms with Crippen LogP contribution < -0.4 is 0 Å². The predicted molar refractivity (Wildman–Crippen MR) is 128 cm³/mol. The number of aliphatic hydroxyl groups is 2. The fourth-order valence-electron chi connectivity index (χ4n) is 7.44. The maximum absolute atomic E-state index is 12.2. The van der Waals surface area contributed by atoms with Gasteiger partial charge in [0.2, 0.25) is 5.91 Å². The minimum Gasteiger partial charge on any atom is -0.393 e. The molecule has 3 fully saturated rings. The molecule has 1 amide bonds. The van der Waals surface area contributed by atoms with Crippen molar-refractivity contribution in [1.29, 1.82) is 0 Å². The number of allylic oxidation sites excluding steroid dienone is 1. The van der Waals surface area contributed by atoms with Crippen LogP contribution in [0.2, 0.25) is 0 Å². The quantitative estimate of drug-likeness (QED) is 0.282. The number of fused-ring (bicyclic) bond motifs is 5. The lowest BCUT2D eigenvalue weighted by molar-refractivity contribution is -0.169. The molecule has 7 heteroatoms. The Morgan fingerprint density at radius 3 is 2.71 bits per heavy atom. The molecule has 3 saturated carbocycles. The highest BCUT2D eigenvalue weighted by Crippen LogP contribution is 2.64. The highest BCUT2D eigenvalue weighted by atomic mass is 32.1. The molecule has 9 atom stereocenters. The Bertz CT molecular complexity index is 732. The molecule has 7 unspecified atom stereocenters. The van der Waals surface area contributed by atoms with E-state index >= 15 is 0 Å². The molecule has 31 heavy (non-hydrogen) atoms. The van der Waals surface area contributed by atoms with Crippen LogP contribution in [0.15, 0.2) is 11.6 Å². The zero-order valence-corrected chi connectivity index (χ0v) is 20.8. The molecular weight excluding hydrogens is 430 g/mol. The summed E-state index contributed by atoms with van der Waals surface area (Å²) in [5, 5.41) is 22.6. The van der Waals surface area contributed by atoms with Gasteiger partial charge in [0, 0.05) is 28.9 Å². The van der Waals surface area contributed by atoms with Crippen molar-refractivity contribution in [1.82, 2.24) is 5.06 Å². The Labute approximate surface area is 197 Å². The van der Waals surface area contributed by atoms with Gasteiger partial charge in [-0.2, -0.15) is 25.3 Å². The van der Waals surface area contributed by atoms with Gasteiger partial charge in [-0.15, -0.1) is 0 Å². The average Bonchev–Trinajstić information content (AvgIpc) is 3.10. The number of rotatable bonds is 5. The first kappa shape index (κ1) is 23.9. The lowest BCUT2D eigenvalue weighted by atomic mass is 9.55. The Kier molecular flexibility index (Phi) is 6.84. The number of aliphatic hydroxyl groups excluding tert-OH is 2. The predicted octanol–water partition coefficient (Wildman–Crippen LogP) is 3.66. The fraction of sp³-hybridized carbons (Fsp3) is 0.875. The van der Waals surface area contributed by atoms with Crippen LogP contribution in [0.1, 0.15) is 64.7 Å². The molecule has 4 aliphatic rings. The number of hydrogen-bond donors (Lipinski definition) is 4. The zero-order chi connectivity index (χ0) is 22.6. The second kappa shape index (κ2) is 8.86. The van der Waals surface area contributed by atoms with Crippen LogP contribution in [0.25, 0.3) is 0 Å². The Hall–Kier alpha value is -0.210. The smallest absolute Gasteiger partial charge is 0.245 e. The lowest BCUT2D eigenvalue weighted by Gasteiger charge is -2.57. The van der Waals surface area contributed by atoms with Gasteiger partial charge in [0.25, 0.3) is 0 Å². The third-order valence-corrected chi connectivity index (χ3v) is 10.8. The minimum absolute atomic E-state index is 0.0147. The summed E-state index contributed by atoms with van der Waals surface area (Å²) in [6.07, 6.45) is 9.18. The SMILES string of the molecule is CON(C)C(=O)CCC(C)C1CCC2C3C[C@H](O)C4C[C@H](O)CCC4(S)C3=CCC12S. The van der Waals surface area contributed by atoms with Gasteiger partial charge in [-0.1, -0.05) is 18.6 Å². The van der Waals surface area contributed by atoms with Crippen molar-refractivity contribution >= 4 is 31.2 Å². The molecule has 0 radical (unpaired) electrons. The molecule has 0 aromatic carbocycles. The van der Waals surface area contributed by atoms with Crippen LogP contribution >= 0.6 is 25.3 Å². The van der Waals surface area contributed by atoms with Crippen molar-refractivity contribution in [3.05, 3.63) is 11.6 Å². The molecule has 2 N–H and O–H groups in total. The number of hydrogen-bond acceptors (Lipinski definition) is 6. The highest BCUT2D eigenvalue weighted by Gasteiger charge is 2.60. The van der Waals surface area contributed by atoms with Crippen molar-refractivity contribution in [2.24, 2.45) is 29.6 Å². The van der Waals surface area contributed by atoms with Crippen molar-refractivity contribution in [3.63, 3.8) is 0 Å². The summed E-state index contributed by atoms with van der Waals surface area (Å²) in [6, 6.07) is 0. The van der Waals surface area contributed by atoms with E-state index in [-0.39, 0.29) is 27.4 Å². The van der Waals surface area contributed by atoms with Gasteiger partial charge >= 0.3 is 0 Å². The summed E-state index contributed by atoms with van der Waals surface area (Å²) >= 11 is 10.5. The maximum atomic E-state index is 12.2. The third-order valence-electron chi connectivity index (χ3n) is 9.19. The van der Waals surface area contributed by atoms with Crippen molar-refractivity contribution < 1.29 is 19.8 Å². The van der Waals surface area contributed by atoms with Crippen molar-refractivity contribution in [2.45, 2.75) is 86.4 Å². The molecule has 4 rings (SSSR count). The fourth-order valence-corrected chi connectivity index (χ4v) is 8.89. The molecule has 176 valence electrons. The summed E-state index contributed by atoms with van der Waals surface area (Å²) in [4.78, 5) is 17.2. The molecule has 0 aromatic rings. The first-order valence-electron chi connectivity index (χ1n) is 11.9. The van der Waals surface area contributed by atoms with Crippen LogP contribution in [-0.2, 0) is 9.63 Å². The van der Waals surface area contributed by atoms with Gasteiger partial charge < -0.3 is 10.2 Å². The molecule has 0 spiro atoms.